The SMILES string of the molecule is CN(C)c1cc(CN2CCC(F)(F)C2)c(O)c2c1CC1CC3[C@H](N(C)C)C(=O)C(C(N)=O)=C(O)[C@@]3(O)C(=O)C1=C2O. The molecule has 1 aromatic carbocycles. The summed E-state index contributed by atoms with van der Waals surface area (Å²) in [5, 5.41) is 45.6. The number of Topliss-reactive ketones (excluding diaryl/α,β-unsaturated/α-hetero) is 2. The number of fused-ring (bicyclic) bond motifs is 3. The molecule has 1 aromatic rings. The number of likely N-dealkylation sites (tertiary alicyclic amines) is 1. The number of hydrogen-bond acceptors (Lipinski definition) is 10. The van der Waals surface area contributed by atoms with Crippen LogP contribution in [0.15, 0.2) is 23.0 Å². The van der Waals surface area contributed by atoms with Gasteiger partial charge in [-0.1, -0.05) is 0 Å². The van der Waals surface area contributed by atoms with Crippen LogP contribution in [0, 0.1) is 11.8 Å². The largest absolute Gasteiger partial charge is 0.508 e. The van der Waals surface area contributed by atoms with Gasteiger partial charge in [0.25, 0.3) is 11.8 Å². The van der Waals surface area contributed by atoms with E-state index in [-0.39, 0.29) is 54.8 Å². The molecule has 4 atom stereocenters. The van der Waals surface area contributed by atoms with E-state index in [0.29, 0.717) is 11.3 Å². The minimum absolute atomic E-state index is 0.0238. The van der Waals surface area contributed by atoms with Gasteiger partial charge < -0.3 is 31.1 Å². The predicted octanol–water partition coefficient (Wildman–Crippen LogP) is 0.871. The van der Waals surface area contributed by atoms with E-state index < -0.39 is 70.5 Å². The number of primary amides is 1. The van der Waals surface area contributed by atoms with Crippen molar-refractivity contribution in [2.75, 3.05) is 46.2 Å². The van der Waals surface area contributed by atoms with E-state index in [1.54, 1.807) is 25.1 Å². The van der Waals surface area contributed by atoms with E-state index in [1.807, 2.05) is 0 Å². The number of rotatable bonds is 5. The van der Waals surface area contributed by atoms with Crippen molar-refractivity contribution in [1.82, 2.24) is 9.80 Å². The third kappa shape index (κ3) is 4.20. The molecule has 1 saturated heterocycles. The summed E-state index contributed by atoms with van der Waals surface area (Å²) in [5.74, 6) is -10.1. The summed E-state index contributed by atoms with van der Waals surface area (Å²) >= 11 is 0. The van der Waals surface area contributed by atoms with Gasteiger partial charge in [-0.3, -0.25) is 24.2 Å². The number of nitrogens with two attached hydrogens (primary N) is 1. The van der Waals surface area contributed by atoms with Gasteiger partial charge in [0.1, 0.15) is 22.8 Å². The molecular weight excluding hydrogens is 542 g/mol. The van der Waals surface area contributed by atoms with Gasteiger partial charge in [-0.15, -0.1) is 0 Å². The Morgan fingerprint density at radius 2 is 1.83 bits per heavy atom. The highest BCUT2D eigenvalue weighted by molar-refractivity contribution is 6.24. The van der Waals surface area contributed by atoms with Crippen LogP contribution in [-0.2, 0) is 27.3 Å². The summed E-state index contributed by atoms with van der Waals surface area (Å²) in [7, 11) is 6.57. The number of aromatic hydroxyl groups is 1. The molecule has 0 spiro atoms. The van der Waals surface area contributed by atoms with Gasteiger partial charge in [-0.25, -0.2) is 8.78 Å². The monoisotopic (exact) mass is 576 g/mol. The minimum atomic E-state index is -2.85. The molecule has 4 aliphatic rings. The zero-order valence-corrected chi connectivity index (χ0v) is 23.2. The Hall–Kier alpha value is -3.55. The second kappa shape index (κ2) is 9.50. The molecule has 0 bridgehead atoms. The number of phenolic OH excluding ortho intramolecular Hbond substituents is 1. The van der Waals surface area contributed by atoms with E-state index in [9.17, 15) is 43.6 Å². The lowest BCUT2D eigenvalue weighted by Gasteiger charge is -2.50. The molecule has 1 aliphatic heterocycles. The third-order valence-corrected chi connectivity index (χ3v) is 8.90. The highest BCUT2D eigenvalue weighted by atomic mass is 19.3. The Bertz CT molecular complexity index is 1440. The lowest BCUT2D eigenvalue weighted by Crippen LogP contribution is -2.65. The van der Waals surface area contributed by atoms with E-state index in [1.165, 1.54) is 23.9 Å². The zero-order chi connectivity index (χ0) is 30.3. The van der Waals surface area contributed by atoms with Crippen LogP contribution in [0.2, 0.25) is 0 Å². The Morgan fingerprint density at radius 1 is 1.17 bits per heavy atom. The van der Waals surface area contributed by atoms with Crippen LogP contribution in [0.4, 0.5) is 14.5 Å². The fourth-order valence-electron chi connectivity index (χ4n) is 7.05. The van der Waals surface area contributed by atoms with Crippen LogP contribution in [-0.4, -0.2) is 107 Å². The summed E-state index contributed by atoms with van der Waals surface area (Å²) in [6, 6.07) is 0.500. The van der Waals surface area contributed by atoms with Crippen molar-refractivity contribution in [3.8, 4) is 5.75 Å². The first-order valence-corrected chi connectivity index (χ1v) is 13.3. The molecule has 6 N–H and O–H groups in total. The molecule has 41 heavy (non-hydrogen) atoms. The van der Waals surface area contributed by atoms with Crippen molar-refractivity contribution in [3.05, 3.63) is 39.7 Å². The van der Waals surface area contributed by atoms with Crippen LogP contribution < -0.4 is 10.6 Å². The number of amides is 1. The molecule has 13 heteroatoms. The van der Waals surface area contributed by atoms with Gasteiger partial charge in [0, 0.05) is 56.3 Å². The zero-order valence-electron chi connectivity index (χ0n) is 23.2. The van der Waals surface area contributed by atoms with Crippen molar-refractivity contribution in [1.29, 1.82) is 0 Å². The summed E-state index contributed by atoms with van der Waals surface area (Å²) < 4.78 is 27.7. The number of aliphatic hydroxyl groups excluding tert-OH is 2. The molecule has 1 heterocycles. The molecule has 2 unspecified atom stereocenters. The van der Waals surface area contributed by atoms with Crippen molar-refractivity contribution in [3.63, 3.8) is 0 Å². The number of carbonyl (C=O) groups excluding carboxylic acids is 3. The molecular formula is C28H34F2N4O7. The van der Waals surface area contributed by atoms with E-state index in [4.69, 9.17) is 5.73 Å². The normalized spacial score (nSPS) is 29.5. The van der Waals surface area contributed by atoms with E-state index in [0.717, 1.165) is 0 Å². The van der Waals surface area contributed by atoms with Gasteiger partial charge in [-0.2, -0.15) is 0 Å². The Morgan fingerprint density at radius 3 is 2.37 bits per heavy atom. The number of anilines is 1. The Labute approximate surface area is 235 Å². The van der Waals surface area contributed by atoms with Gasteiger partial charge in [-0.05, 0) is 44.5 Å². The molecule has 11 nitrogen and oxygen atoms in total. The second-order valence-corrected chi connectivity index (χ2v) is 11.9. The first kappa shape index (κ1) is 29.0. The number of carbonyl (C=O) groups is 3. The number of benzene rings is 1. The molecule has 0 radical (unpaired) electrons. The third-order valence-electron chi connectivity index (χ3n) is 8.90. The van der Waals surface area contributed by atoms with Crippen LogP contribution in [0.25, 0.3) is 5.76 Å². The second-order valence-electron chi connectivity index (χ2n) is 11.9. The summed E-state index contributed by atoms with van der Waals surface area (Å²) in [5.41, 5.74) is 2.79. The molecule has 0 aromatic heterocycles. The standard InChI is InChI=1S/C28H34F2N4O7/c1-32(2)16-9-13(10-34-6-5-27(29,30)11-34)21(35)18-14(16)7-12-8-15-20(33(3)4)23(37)19(26(31)40)25(39)28(15,41)24(38)17(12)22(18)36/h9,12,15,20,35-36,39,41H,5-8,10-11H2,1-4H3,(H2,31,40)/t12?,15?,20-,28-/m0/s1. The fraction of sp³-hybridized carbons (Fsp3) is 0.536. The average Bonchev–Trinajstić information content (AvgIpc) is 3.20. The number of phenols is 1. The summed E-state index contributed by atoms with van der Waals surface area (Å²) in [6.45, 7) is -0.398. The van der Waals surface area contributed by atoms with Crippen molar-refractivity contribution in [2.45, 2.75) is 43.4 Å². The van der Waals surface area contributed by atoms with Crippen LogP contribution >= 0.6 is 0 Å². The van der Waals surface area contributed by atoms with Gasteiger partial charge in [0.2, 0.25) is 5.78 Å². The number of ketones is 2. The first-order valence-electron chi connectivity index (χ1n) is 13.3. The maximum atomic E-state index is 14.0. The topological polar surface area (TPSA) is 168 Å². The molecule has 5 rings (SSSR count). The fourth-order valence-corrected chi connectivity index (χ4v) is 7.05. The summed E-state index contributed by atoms with van der Waals surface area (Å²) in [4.78, 5) is 44.1. The van der Waals surface area contributed by atoms with Crippen LogP contribution in [0.1, 0.15) is 29.5 Å². The smallest absolute Gasteiger partial charge is 0.261 e. The van der Waals surface area contributed by atoms with E-state index in [2.05, 4.69) is 0 Å². The maximum absolute atomic E-state index is 14.0. The van der Waals surface area contributed by atoms with Crippen molar-refractivity contribution in [2.24, 2.45) is 17.6 Å². The predicted molar refractivity (Wildman–Crippen MR) is 143 cm³/mol. The number of nitrogens with zero attached hydrogens (tertiary/aromatic N) is 3. The number of likely N-dealkylation sites (N-methyl/N-ethyl adjacent to an activating group) is 1. The average molecular weight is 577 g/mol. The van der Waals surface area contributed by atoms with Crippen LogP contribution in [0.5, 0.6) is 5.75 Å². The molecule has 3 aliphatic carbocycles. The lowest BCUT2D eigenvalue weighted by molar-refractivity contribution is -0.153. The van der Waals surface area contributed by atoms with Crippen LogP contribution in [0.3, 0.4) is 0 Å². The lowest BCUT2D eigenvalue weighted by atomic mass is 9.57. The maximum Gasteiger partial charge on any atom is 0.261 e. The highest BCUT2D eigenvalue weighted by Gasteiger charge is 2.64. The summed E-state index contributed by atoms with van der Waals surface area (Å²) in [6.07, 6.45) is -0.201. The van der Waals surface area contributed by atoms with E-state index >= 15 is 0 Å². The molecule has 1 saturated carbocycles. The first-order chi connectivity index (χ1) is 19.0. The van der Waals surface area contributed by atoms with Crippen molar-refractivity contribution >= 4 is 28.9 Å². The van der Waals surface area contributed by atoms with Gasteiger partial charge >= 0.3 is 0 Å². The Kier molecular flexibility index (Phi) is 6.71. The van der Waals surface area contributed by atoms with Gasteiger partial charge in [0.05, 0.1) is 18.2 Å². The van der Waals surface area contributed by atoms with Gasteiger partial charge in [0.15, 0.2) is 11.4 Å². The molecule has 222 valence electrons. The number of halogens is 2. The quantitative estimate of drug-likeness (QED) is 0.317. The Balaban J connectivity index is 1.68. The number of alkyl halides is 2. The molecule has 1 amide bonds. The minimum Gasteiger partial charge on any atom is -0.508 e. The van der Waals surface area contributed by atoms with Crippen molar-refractivity contribution < 1.29 is 43.6 Å². The number of hydrogen-bond donors (Lipinski definition) is 5. The number of aliphatic hydroxyl groups is 3. The molecule has 2 fully saturated rings. The highest BCUT2D eigenvalue weighted by Crippen LogP contribution is 2.54.